The third kappa shape index (κ3) is 4.60. The summed E-state index contributed by atoms with van der Waals surface area (Å²) in [6, 6.07) is 19.9. The minimum absolute atomic E-state index is 0.0324. The highest BCUT2D eigenvalue weighted by Crippen LogP contribution is 2.30. The van der Waals surface area contributed by atoms with E-state index in [4.69, 9.17) is 11.6 Å². The van der Waals surface area contributed by atoms with Crippen LogP contribution in [0.1, 0.15) is 33.2 Å². The maximum absolute atomic E-state index is 12.9. The number of amides is 3. The van der Waals surface area contributed by atoms with E-state index in [1.165, 1.54) is 6.92 Å². The Bertz CT molecular complexity index is 1330. The molecule has 3 amide bonds. The Hall–Kier alpha value is -4.23. The molecule has 170 valence electrons. The summed E-state index contributed by atoms with van der Waals surface area (Å²) in [5.41, 5.74) is 3.38. The molecule has 4 rings (SSSR count). The molecule has 0 spiro atoms. The molecule has 0 radical (unpaired) electrons. The van der Waals surface area contributed by atoms with E-state index >= 15 is 0 Å². The predicted molar refractivity (Wildman–Crippen MR) is 131 cm³/mol. The van der Waals surface area contributed by atoms with Gasteiger partial charge in [0.2, 0.25) is 0 Å². The zero-order valence-electron chi connectivity index (χ0n) is 18.4. The van der Waals surface area contributed by atoms with Crippen LogP contribution in [0.15, 0.2) is 83.5 Å². The van der Waals surface area contributed by atoms with Crippen LogP contribution in [-0.2, 0) is 9.59 Å². The van der Waals surface area contributed by atoms with Crippen molar-refractivity contribution in [2.45, 2.75) is 13.8 Å². The number of aryl methyl sites for hydroxylation is 1. The van der Waals surface area contributed by atoms with E-state index in [2.05, 4.69) is 10.6 Å². The SMILES string of the molecule is CC(=O)c1ccc(NC(=O)c2ccc(NC3=C(Cl)C(=O)N(c4ccc(C)cc4)C3=O)cc2)cc1. The van der Waals surface area contributed by atoms with Gasteiger partial charge in [0.25, 0.3) is 17.7 Å². The van der Waals surface area contributed by atoms with E-state index < -0.39 is 11.8 Å². The molecule has 0 aromatic heterocycles. The van der Waals surface area contributed by atoms with Crippen LogP contribution in [0, 0.1) is 6.92 Å². The molecule has 0 bridgehead atoms. The number of anilines is 3. The molecule has 0 unspecified atom stereocenters. The van der Waals surface area contributed by atoms with Crippen LogP contribution < -0.4 is 15.5 Å². The highest BCUT2D eigenvalue weighted by molar-refractivity contribution is 6.53. The van der Waals surface area contributed by atoms with Crippen molar-refractivity contribution >= 4 is 52.2 Å². The Labute approximate surface area is 201 Å². The first kappa shape index (κ1) is 22.9. The summed E-state index contributed by atoms with van der Waals surface area (Å²) >= 11 is 6.17. The van der Waals surface area contributed by atoms with E-state index in [0.717, 1.165) is 10.5 Å². The largest absolute Gasteiger partial charge is 0.350 e. The van der Waals surface area contributed by atoms with E-state index in [-0.39, 0.29) is 22.4 Å². The summed E-state index contributed by atoms with van der Waals surface area (Å²) in [5, 5.41) is 5.44. The molecule has 1 heterocycles. The molecule has 7 nitrogen and oxygen atoms in total. The third-order valence-corrected chi connectivity index (χ3v) is 5.64. The number of carbonyl (C=O) groups is 4. The van der Waals surface area contributed by atoms with E-state index in [1.54, 1.807) is 72.8 Å². The third-order valence-electron chi connectivity index (χ3n) is 5.29. The zero-order chi connectivity index (χ0) is 24.4. The highest BCUT2D eigenvalue weighted by Gasteiger charge is 2.38. The summed E-state index contributed by atoms with van der Waals surface area (Å²) < 4.78 is 0. The van der Waals surface area contributed by atoms with Gasteiger partial charge in [-0.15, -0.1) is 0 Å². The molecular weight excluding hydrogens is 454 g/mol. The molecule has 0 fully saturated rings. The van der Waals surface area contributed by atoms with Crippen molar-refractivity contribution in [3.05, 3.63) is 100 Å². The summed E-state index contributed by atoms with van der Waals surface area (Å²) in [6.45, 7) is 3.38. The second kappa shape index (κ2) is 9.33. The monoisotopic (exact) mass is 473 g/mol. The molecule has 0 aliphatic carbocycles. The lowest BCUT2D eigenvalue weighted by Crippen LogP contribution is -2.32. The Morgan fingerprint density at radius 2 is 1.32 bits per heavy atom. The molecule has 1 aliphatic rings. The Morgan fingerprint density at radius 3 is 1.91 bits per heavy atom. The smallest absolute Gasteiger partial charge is 0.283 e. The average Bonchev–Trinajstić information content (AvgIpc) is 3.03. The number of ketones is 1. The van der Waals surface area contributed by atoms with Gasteiger partial charge in [0.05, 0.1) is 5.69 Å². The molecule has 0 saturated heterocycles. The number of hydrogen-bond donors (Lipinski definition) is 2. The number of rotatable bonds is 6. The standard InChI is InChI=1S/C26H20ClN3O4/c1-15-3-13-21(14-4-15)30-25(33)22(27)23(26(30)34)28-19-11-7-18(8-12-19)24(32)29-20-9-5-17(6-10-20)16(2)31/h3-14,28H,1-2H3,(H,29,32). The Morgan fingerprint density at radius 1 is 0.765 bits per heavy atom. The molecule has 3 aromatic carbocycles. The molecule has 0 saturated carbocycles. The normalized spacial score (nSPS) is 13.3. The van der Waals surface area contributed by atoms with Crippen molar-refractivity contribution in [2.75, 3.05) is 15.5 Å². The number of Topliss-reactive ketones (excluding diaryl/α,β-unsaturated/α-hetero) is 1. The number of nitrogens with zero attached hydrogens (tertiary/aromatic N) is 1. The molecule has 2 N–H and O–H groups in total. The maximum atomic E-state index is 12.9. The van der Waals surface area contributed by atoms with Crippen LogP contribution >= 0.6 is 11.6 Å². The molecule has 8 heteroatoms. The number of halogens is 1. The minimum Gasteiger partial charge on any atom is -0.350 e. The number of benzene rings is 3. The number of imide groups is 1. The number of hydrogen-bond acceptors (Lipinski definition) is 5. The van der Waals surface area contributed by atoms with Crippen LogP contribution in [0.25, 0.3) is 0 Å². The lowest BCUT2D eigenvalue weighted by atomic mass is 10.1. The topological polar surface area (TPSA) is 95.6 Å². The van der Waals surface area contributed by atoms with Crippen LogP contribution in [0.4, 0.5) is 17.1 Å². The maximum Gasteiger partial charge on any atom is 0.283 e. The van der Waals surface area contributed by atoms with Crippen LogP contribution in [0.3, 0.4) is 0 Å². The van der Waals surface area contributed by atoms with Crippen LogP contribution in [-0.4, -0.2) is 23.5 Å². The quantitative estimate of drug-likeness (QED) is 0.392. The van der Waals surface area contributed by atoms with Gasteiger partial charge >= 0.3 is 0 Å². The lowest BCUT2D eigenvalue weighted by Gasteiger charge is -2.15. The van der Waals surface area contributed by atoms with E-state index in [1.807, 2.05) is 6.92 Å². The molecule has 1 aliphatic heterocycles. The minimum atomic E-state index is -0.607. The van der Waals surface area contributed by atoms with Crippen molar-refractivity contribution in [3.8, 4) is 0 Å². The van der Waals surface area contributed by atoms with Gasteiger partial charge in [-0.2, -0.15) is 0 Å². The van der Waals surface area contributed by atoms with Gasteiger partial charge in [-0.1, -0.05) is 29.3 Å². The first-order valence-corrected chi connectivity index (χ1v) is 10.8. The highest BCUT2D eigenvalue weighted by atomic mass is 35.5. The fraction of sp³-hybridized carbons (Fsp3) is 0.0769. The average molecular weight is 474 g/mol. The number of nitrogens with one attached hydrogen (secondary N) is 2. The fourth-order valence-corrected chi connectivity index (χ4v) is 3.59. The van der Waals surface area contributed by atoms with Crippen LogP contribution in [0.2, 0.25) is 0 Å². The summed E-state index contributed by atoms with van der Waals surface area (Å²) in [5.74, 6) is -1.56. The molecule has 34 heavy (non-hydrogen) atoms. The Kier molecular flexibility index (Phi) is 6.30. The van der Waals surface area contributed by atoms with Gasteiger partial charge in [-0.3, -0.25) is 19.2 Å². The summed E-state index contributed by atoms with van der Waals surface area (Å²) in [4.78, 5) is 50.4. The molecule has 3 aromatic rings. The predicted octanol–water partition coefficient (Wildman–Crippen LogP) is 4.89. The molecular formula is C26H20ClN3O4. The summed E-state index contributed by atoms with van der Waals surface area (Å²) in [7, 11) is 0. The second-order valence-corrected chi connectivity index (χ2v) is 8.14. The van der Waals surface area contributed by atoms with Gasteiger partial charge in [-0.05, 0) is 74.5 Å². The van der Waals surface area contributed by atoms with Crippen molar-refractivity contribution in [1.29, 1.82) is 0 Å². The van der Waals surface area contributed by atoms with Crippen LogP contribution in [0.5, 0.6) is 0 Å². The zero-order valence-corrected chi connectivity index (χ0v) is 19.1. The van der Waals surface area contributed by atoms with Crippen molar-refractivity contribution in [2.24, 2.45) is 0 Å². The van der Waals surface area contributed by atoms with Gasteiger partial charge in [0, 0.05) is 22.5 Å². The first-order valence-electron chi connectivity index (χ1n) is 10.4. The van der Waals surface area contributed by atoms with E-state index in [9.17, 15) is 19.2 Å². The second-order valence-electron chi connectivity index (χ2n) is 7.76. The van der Waals surface area contributed by atoms with Gasteiger partial charge in [-0.25, -0.2) is 4.90 Å². The summed E-state index contributed by atoms with van der Waals surface area (Å²) in [6.07, 6.45) is 0. The van der Waals surface area contributed by atoms with Gasteiger partial charge in [0.1, 0.15) is 10.7 Å². The fourth-order valence-electron chi connectivity index (χ4n) is 3.38. The van der Waals surface area contributed by atoms with Crippen molar-refractivity contribution in [1.82, 2.24) is 0 Å². The van der Waals surface area contributed by atoms with Gasteiger partial charge in [0.15, 0.2) is 5.78 Å². The van der Waals surface area contributed by atoms with Crippen molar-refractivity contribution in [3.63, 3.8) is 0 Å². The number of carbonyl (C=O) groups excluding carboxylic acids is 4. The van der Waals surface area contributed by atoms with Crippen molar-refractivity contribution < 1.29 is 19.2 Å². The Balaban J connectivity index is 1.45. The molecule has 0 atom stereocenters. The lowest BCUT2D eigenvalue weighted by molar-refractivity contribution is -0.120. The van der Waals surface area contributed by atoms with Gasteiger partial charge < -0.3 is 10.6 Å². The van der Waals surface area contributed by atoms with E-state index in [0.29, 0.717) is 28.2 Å². The first-order chi connectivity index (χ1) is 16.2.